The molecule has 29 heavy (non-hydrogen) atoms. The summed E-state index contributed by atoms with van der Waals surface area (Å²) in [7, 11) is 0. The summed E-state index contributed by atoms with van der Waals surface area (Å²) in [6.07, 6.45) is 0. The lowest BCUT2D eigenvalue weighted by Crippen LogP contribution is -2.12. The van der Waals surface area contributed by atoms with Crippen molar-refractivity contribution < 1.29 is 18.3 Å². The van der Waals surface area contributed by atoms with E-state index in [4.69, 9.17) is 0 Å². The lowest BCUT2D eigenvalue weighted by atomic mass is 10.2. The fourth-order valence-electron chi connectivity index (χ4n) is 2.53. The molecule has 0 atom stereocenters. The number of nitrogens with one attached hydrogen (secondary N) is 2. The number of benzene rings is 2. The van der Waals surface area contributed by atoms with Crippen LogP contribution in [0.5, 0.6) is 5.75 Å². The molecule has 6 nitrogen and oxygen atoms in total. The van der Waals surface area contributed by atoms with Crippen molar-refractivity contribution in [2.45, 2.75) is 13.5 Å². The summed E-state index contributed by atoms with van der Waals surface area (Å²) in [6, 6.07) is 11.9. The van der Waals surface area contributed by atoms with Crippen LogP contribution in [0, 0.1) is 6.92 Å². The second-order valence-electron chi connectivity index (χ2n) is 6.01. The molecular formula is C19H14F2N4O2S2. The van der Waals surface area contributed by atoms with E-state index in [0.717, 1.165) is 15.8 Å². The minimum absolute atomic E-state index is 0.0655. The molecule has 4 rings (SSSR count). The van der Waals surface area contributed by atoms with Crippen molar-refractivity contribution in [1.29, 1.82) is 0 Å². The van der Waals surface area contributed by atoms with Gasteiger partial charge in [-0.3, -0.25) is 10.1 Å². The monoisotopic (exact) mass is 432 g/mol. The largest absolute Gasteiger partial charge is 0.435 e. The first kappa shape index (κ1) is 19.2. The fourth-order valence-corrected chi connectivity index (χ4v) is 4.20. The maximum absolute atomic E-state index is 12.5. The Bertz CT molecular complexity index is 1160. The van der Waals surface area contributed by atoms with Crippen molar-refractivity contribution in [3.8, 4) is 5.75 Å². The number of carbonyl (C=O) groups is 1. The second kappa shape index (κ2) is 8.10. The number of rotatable bonds is 6. The van der Waals surface area contributed by atoms with Gasteiger partial charge in [0.25, 0.3) is 5.91 Å². The average Bonchev–Trinajstić information content (AvgIpc) is 3.29. The first-order chi connectivity index (χ1) is 14.0. The van der Waals surface area contributed by atoms with E-state index in [1.165, 1.54) is 34.8 Å². The zero-order chi connectivity index (χ0) is 20.4. The molecule has 2 N–H and O–H groups in total. The summed E-state index contributed by atoms with van der Waals surface area (Å²) >= 11 is 2.65. The molecule has 4 aromatic rings. The molecule has 10 heteroatoms. The molecule has 0 aliphatic rings. The minimum atomic E-state index is -2.87. The highest BCUT2D eigenvalue weighted by atomic mass is 32.1. The number of ether oxygens (including phenoxy) is 1. The topological polar surface area (TPSA) is 76.1 Å². The first-order valence-corrected chi connectivity index (χ1v) is 10.1. The van der Waals surface area contributed by atoms with Gasteiger partial charge in [-0.05, 0) is 48.9 Å². The summed E-state index contributed by atoms with van der Waals surface area (Å²) < 4.78 is 29.7. The Kier molecular flexibility index (Phi) is 5.36. The Labute approximate surface area is 172 Å². The first-order valence-electron chi connectivity index (χ1n) is 8.42. The Morgan fingerprint density at radius 2 is 1.90 bits per heavy atom. The summed E-state index contributed by atoms with van der Waals surface area (Å²) in [4.78, 5) is 21.1. The van der Waals surface area contributed by atoms with E-state index < -0.39 is 6.61 Å². The van der Waals surface area contributed by atoms with E-state index in [1.54, 1.807) is 17.5 Å². The van der Waals surface area contributed by atoms with Crippen LogP contribution in [0.2, 0.25) is 0 Å². The number of alkyl halides is 2. The van der Waals surface area contributed by atoms with E-state index in [-0.39, 0.29) is 17.4 Å². The third-order valence-corrected chi connectivity index (χ3v) is 5.52. The third-order valence-electron chi connectivity index (χ3n) is 3.83. The van der Waals surface area contributed by atoms with E-state index in [0.29, 0.717) is 16.0 Å². The molecule has 0 fully saturated rings. The molecule has 2 aromatic carbocycles. The highest BCUT2D eigenvalue weighted by Gasteiger charge is 2.14. The van der Waals surface area contributed by atoms with Gasteiger partial charge >= 0.3 is 6.61 Å². The van der Waals surface area contributed by atoms with Crippen molar-refractivity contribution in [3.05, 3.63) is 59.1 Å². The lowest BCUT2D eigenvalue weighted by Gasteiger charge is -2.06. The van der Waals surface area contributed by atoms with E-state index in [1.807, 2.05) is 25.1 Å². The van der Waals surface area contributed by atoms with Crippen LogP contribution in [0.25, 0.3) is 10.2 Å². The number of aromatic nitrogens is 2. The molecular weight excluding hydrogens is 418 g/mol. The van der Waals surface area contributed by atoms with Gasteiger partial charge in [-0.15, -0.1) is 11.3 Å². The van der Waals surface area contributed by atoms with Crippen LogP contribution < -0.4 is 15.4 Å². The summed E-state index contributed by atoms with van der Waals surface area (Å²) in [5.74, 6) is -0.290. The van der Waals surface area contributed by atoms with Gasteiger partial charge < -0.3 is 10.1 Å². The molecule has 0 bridgehead atoms. The predicted molar refractivity (Wildman–Crippen MR) is 111 cm³/mol. The van der Waals surface area contributed by atoms with Crippen molar-refractivity contribution in [1.82, 2.24) is 9.97 Å². The molecule has 0 aliphatic carbocycles. The number of aryl methyl sites for hydroxylation is 1. The van der Waals surface area contributed by atoms with E-state index in [2.05, 4.69) is 25.3 Å². The van der Waals surface area contributed by atoms with Crippen molar-refractivity contribution in [2.75, 3.05) is 10.6 Å². The maximum Gasteiger partial charge on any atom is 0.387 e. The summed E-state index contributed by atoms with van der Waals surface area (Å²) in [6.45, 7) is -0.867. The highest BCUT2D eigenvalue weighted by molar-refractivity contribution is 7.22. The SMILES string of the molecule is Cc1ccc2nc(NC(=O)c3csc(Nc4ccc(OC(F)F)cc4)n3)sc2c1. The van der Waals surface area contributed by atoms with Gasteiger partial charge in [0.05, 0.1) is 10.2 Å². The van der Waals surface area contributed by atoms with E-state index in [9.17, 15) is 13.6 Å². The Balaban J connectivity index is 1.41. The molecule has 2 heterocycles. The number of amides is 1. The molecule has 0 radical (unpaired) electrons. The minimum Gasteiger partial charge on any atom is -0.435 e. The number of halogens is 2. The molecule has 0 aliphatic heterocycles. The van der Waals surface area contributed by atoms with Gasteiger partial charge in [0, 0.05) is 11.1 Å². The zero-order valence-electron chi connectivity index (χ0n) is 15.0. The predicted octanol–water partition coefficient (Wildman–Crippen LogP) is 5.66. The summed E-state index contributed by atoms with van der Waals surface area (Å²) in [5.41, 5.74) is 2.85. The third kappa shape index (κ3) is 4.66. The standard InChI is InChI=1S/C19H14F2N4O2S2/c1-10-2-7-13-15(8-10)29-19(23-13)25-16(26)14-9-28-18(24-14)22-11-3-5-12(6-4-11)27-17(20)21/h2-9,17H,1H3,(H,22,24)(H,23,25,26). The van der Waals surface area contributed by atoms with Crippen LogP contribution in [-0.4, -0.2) is 22.5 Å². The molecule has 0 saturated carbocycles. The molecule has 0 saturated heterocycles. The molecule has 2 aromatic heterocycles. The number of nitrogens with zero attached hydrogens (tertiary/aromatic N) is 2. The van der Waals surface area contributed by atoms with Crippen LogP contribution in [0.1, 0.15) is 16.1 Å². The number of carbonyl (C=O) groups excluding carboxylic acids is 1. The Hall–Kier alpha value is -3.11. The Morgan fingerprint density at radius 1 is 1.10 bits per heavy atom. The smallest absolute Gasteiger partial charge is 0.387 e. The van der Waals surface area contributed by atoms with Gasteiger partial charge in [-0.25, -0.2) is 9.97 Å². The molecule has 0 spiro atoms. The summed E-state index contributed by atoms with van der Waals surface area (Å²) in [5, 5.41) is 8.42. The van der Waals surface area contributed by atoms with Gasteiger partial charge in [-0.1, -0.05) is 17.4 Å². The average molecular weight is 432 g/mol. The van der Waals surface area contributed by atoms with Crippen LogP contribution >= 0.6 is 22.7 Å². The number of fused-ring (bicyclic) bond motifs is 1. The van der Waals surface area contributed by atoms with Crippen molar-refractivity contribution >= 4 is 54.7 Å². The van der Waals surface area contributed by atoms with Crippen molar-refractivity contribution in [2.24, 2.45) is 0 Å². The number of hydrogen-bond acceptors (Lipinski definition) is 7. The van der Waals surface area contributed by atoms with Gasteiger partial charge in [0.1, 0.15) is 11.4 Å². The molecule has 1 amide bonds. The molecule has 148 valence electrons. The van der Waals surface area contributed by atoms with E-state index >= 15 is 0 Å². The highest BCUT2D eigenvalue weighted by Crippen LogP contribution is 2.28. The van der Waals surface area contributed by atoms with Crippen LogP contribution in [0.15, 0.2) is 47.8 Å². The number of anilines is 3. The Morgan fingerprint density at radius 3 is 2.66 bits per heavy atom. The fraction of sp³-hybridized carbons (Fsp3) is 0.105. The van der Waals surface area contributed by atoms with Crippen LogP contribution in [0.4, 0.5) is 24.7 Å². The number of thiazole rings is 2. The lowest BCUT2D eigenvalue weighted by molar-refractivity contribution is -0.0498. The van der Waals surface area contributed by atoms with Gasteiger partial charge in [0.2, 0.25) is 0 Å². The van der Waals surface area contributed by atoms with Gasteiger partial charge in [0.15, 0.2) is 10.3 Å². The quantitative estimate of drug-likeness (QED) is 0.411. The normalized spacial score (nSPS) is 11.0. The van der Waals surface area contributed by atoms with Gasteiger partial charge in [-0.2, -0.15) is 8.78 Å². The van der Waals surface area contributed by atoms with Crippen LogP contribution in [0.3, 0.4) is 0 Å². The maximum atomic E-state index is 12.5. The zero-order valence-corrected chi connectivity index (χ0v) is 16.6. The van der Waals surface area contributed by atoms with Crippen LogP contribution in [-0.2, 0) is 0 Å². The molecule has 0 unspecified atom stereocenters. The number of hydrogen-bond donors (Lipinski definition) is 2. The van der Waals surface area contributed by atoms with Crippen molar-refractivity contribution in [3.63, 3.8) is 0 Å². The second-order valence-corrected chi connectivity index (χ2v) is 7.90.